The summed E-state index contributed by atoms with van der Waals surface area (Å²) in [6, 6.07) is 4.02. The average molecular weight is 267 g/mol. The van der Waals surface area contributed by atoms with Crippen molar-refractivity contribution in [3.8, 4) is 5.75 Å². The molecular weight excluding hydrogens is 250 g/mol. The number of hydrogen-bond acceptors (Lipinski definition) is 4. The minimum absolute atomic E-state index is 0.0539. The Hall–Kier alpha value is -2.11. The molecule has 1 aromatic rings. The van der Waals surface area contributed by atoms with E-state index in [-0.39, 0.29) is 11.3 Å². The number of carboxylic acid groups (broad SMARTS) is 1. The van der Waals surface area contributed by atoms with E-state index in [1.54, 1.807) is 0 Å². The molecule has 6 nitrogen and oxygen atoms in total. The van der Waals surface area contributed by atoms with Crippen LogP contribution < -0.4 is 4.74 Å². The molecule has 0 aliphatic heterocycles. The fraction of sp³-hybridized carbons (Fsp3) is 0.462. The van der Waals surface area contributed by atoms with Crippen molar-refractivity contribution in [1.82, 2.24) is 0 Å². The van der Waals surface area contributed by atoms with Crippen molar-refractivity contribution in [2.24, 2.45) is 0 Å². The van der Waals surface area contributed by atoms with E-state index in [0.717, 1.165) is 31.7 Å². The average Bonchev–Trinajstić information content (AvgIpc) is 2.37. The Bertz CT molecular complexity index is 458. The van der Waals surface area contributed by atoms with E-state index in [0.29, 0.717) is 6.61 Å². The van der Waals surface area contributed by atoms with E-state index in [1.165, 1.54) is 12.1 Å². The fourth-order valence-electron chi connectivity index (χ4n) is 1.72. The molecule has 0 saturated heterocycles. The number of hydrogen-bond donors (Lipinski definition) is 1. The monoisotopic (exact) mass is 267 g/mol. The highest BCUT2D eigenvalue weighted by Crippen LogP contribution is 2.28. The number of carboxylic acids is 1. The number of nitro groups is 1. The fourth-order valence-corrected chi connectivity index (χ4v) is 1.72. The van der Waals surface area contributed by atoms with Crippen LogP contribution in [-0.2, 0) is 0 Å². The van der Waals surface area contributed by atoms with Gasteiger partial charge in [-0.25, -0.2) is 4.79 Å². The molecular formula is C13H17NO5. The summed E-state index contributed by atoms with van der Waals surface area (Å²) < 4.78 is 5.35. The van der Waals surface area contributed by atoms with E-state index in [2.05, 4.69) is 6.92 Å². The largest absolute Gasteiger partial charge is 0.492 e. The first kappa shape index (κ1) is 14.9. The number of aromatic carboxylic acids is 1. The van der Waals surface area contributed by atoms with Crippen molar-refractivity contribution in [2.45, 2.75) is 32.6 Å². The molecule has 1 aromatic carbocycles. The number of benzene rings is 1. The summed E-state index contributed by atoms with van der Waals surface area (Å²) in [7, 11) is 0. The van der Waals surface area contributed by atoms with Crippen LogP contribution in [-0.4, -0.2) is 22.6 Å². The van der Waals surface area contributed by atoms with Gasteiger partial charge in [0.25, 0.3) is 5.69 Å². The lowest BCUT2D eigenvalue weighted by atomic mass is 10.1. The molecule has 0 bridgehead atoms. The first-order chi connectivity index (χ1) is 9.07. The molecule has 19 heavy (non-hydrogen) atoms. The molecule has 1 N–H and O–H groups in total. The predicted molar refractivity (Wildman–Crippen MR) is 69.7 cm³/mol. The van der Waals surface area contributed by atoms with Gasteiger partial charge in [0.2, 0.25) is 0 Å². The SMILES string of the molecule is CCCCCCOc1cccc([N+](=O)[O-])c1C(=O)O. The number of nitrogens with zero attached hydrogens (tertiary/aromatic N) is 1. The molecule has 0 radical (unpaired) electrons. The van der Waals surface area contributed by atoms with Crippen molar-refractivity contribution < 1.29 is 19.6 Å². The lowest BCUT2D eigenvalue weighted by Crippen LogP contribution is -2.07. The molecule has 6 heteroatoms. The van der Waals surface area contributed by atoms with Crippen LogP contribution in [0.2, 0.25) is 0 Å². The van der Waals surface area contributed by atoms with Gasteiger partial charge in [-0.2, -0.15) is 0 Å². The molecule has 0 spiro atoms. The van der Waals surface area contributed by atoms with Gasteiger partial charge in [0.15, 0.2) is 5.56 Å². The molecule has 0 amide bonds. The van der Waals surface area contributed by atoms with Crippen LogP contribution in [0.1, 0.15) is 43.0 Å². The first-order valence-electron chi connectivity index (χ1n) is 6.21. The molecule has 104 valence electrons. The van der Waals surface area contributed by atoms with Crippen molar-refractivity contribution in [2.75, 3.05) is 6.61 Å². The lowest BCUT2D eigenvalue weighted by Gasteiger charge is -2.09. The van der Waals surface area contributed by atoms with Crippen LogP contribution in [0, 0.1) is 10.1 Å². The molecule has 0 atom stereocenters. The summed E-state index contributed by atoms with van der Waals surface area (Å²) in [6.45, 7) is 2.45. The Morgan fingerprint density at radius 3 is 2.68 bits per heavy atom. The van der Waals surface area contributed by atoms with E-state index >= 15 is 0 Å². The molecule has 0 fully saturated rings. The topological polar surface area (TPSA) is 89.7 Å². The number of ether oxygens (including phenoxy) is 1. The third-order valence-electron chi connectivity index (χ3n) is 2.67. The maximum atomic E-state index is 11.1. The smallest absolute Gasteiger partial charge is 0.346 e. The summed E-state index contributed by atoms with van der Waals surface area (Å²) in [6.07, 6.45) is 3.98. The van der Waals surface area contributed by atoms with E-state index in [1.807, 2.05) is 0 Å². The van der Waals surface area contributed by atoms with Gasteiger partial charge < -0.3 is 9.84 Å². The summed E-state index contributed by atoms with van der Waals surface area (Å²) in [5.74, 6) is -1.30. The number of carbonyl (C=O) groups is 1. The van der Waals surface area contributed by atoms with Crippen LogP contribution in [0.3, 0.4) is 0 Å². The maximum Gasteiger partial charge on any atom is 0.346 e. The summed E-state index contributed by atoms with van der Waals surface area (Å²) >= 11 is 0. The van der Waals surface area contributed by atoms with Gasteiger partial charge in [-0.15, -0.1) is 0 Å². The van der Waals surface area contributed by atoms with Gasteiger partial charge in [-0.1, -0.05) is 32.3 Å². The number of rotatable bonds is 8. The van der Waals surface area contributed by atoms with Gasteiger partial charge in [-0.05, 0) is 12.5 Å². The molecule has 0 saturated carbocycles. The Kier molecular flexibility index (Phi) is 5.78. The lowest BCUT2D eigenvalue weighted by molar-refractivity contribution is -0.385. The Balaban J connectivity index is 2.80. The standard InChI is InChI=1S/C13H17NO5/c1-2-3-4-5-9-19-11-8-6-7-10(14(17)18)12(11)13(15)16/h6-8H,2-5,9H2,1H3,(H,15,16). The minimum atomic E-state index is -1.35. The van der Waals surface area contributed by atoms with Crippen LogP contribution >= 0.6 is 0 Å². The normalized spacial score (nSPS) is 10.2. The highest BCUT2D eigenvalue weighted by molar-refractivity contribution is 5.95. The zero-order valence-electron chi connectivity index (χ0n) is 10.8. The van der Waals surface area contributed by atoms with Crippen LogP contribution in [0.5, 0.6) is 5.75 Å². The van der Waals surface area contributed by atoms with E-state index in [4.69, 9.17) is 9.84 Å². The number of nitro benzene ring substituents is 1. The van der Waals surface area contributed by atoms with E-state index < -0.39 is 16.6 Å². The third-order valence-corrected chi connectivity index (χ3v) is 2.67. The first-order valence-corrected chi connectivity index (χ1v) is 6.21. The highest BCUT2D eigenvalue weighted by Gasteiger charge is 2.24. The molecule has 1 rings (SSSR count). The van der Waals surface area contributed by atoms with Crippen LogP contribution in [0.15, 0.2) is 18.2 Å². The second kappa shape index (κ2) is 7.35. The van der Waals surface area contributed by atoms with Crippen LogP contribution in [0.4, 0.5) is 5.69 Å². The zero-order chi connectivity index (χ0) is 14.3. The molecule has 0 aliphatic rings. The third kappa shape index (κ3) is 4.24. The Morgan fingerprint density at radius 2 is 2.11 bits per heavy atom. The quantitative estimate of drug-likeness (QED) is 0.443. The van der Waals surface area contributed by atoms with Gasteiger partial charge in [0.1, 0.15) is 5.75 Å². The van der Waals surface area contributed by atoms with Gasteiger partial charge in [-0.3, -0.25) is 10.1 Å². The van der Waals surface area contributed by atoms with Crippen molar-refractivity contribution in [1.29, 1.82) is 0 Å². The summed E-state index contributed by atoms with van der Waals surface area (Å²) in [5.41, 5.74) is -0.832. The maximum absolute atomic E-state index is 11.1. The molecule has 0 aromatic heterocycles. The van der Waals surface area contributed by atoms with Gasteiger partial charge >= 0.3 is 5.97 Å². The van der Waals surface area contributed by atoms with Crippen molar-refractivity contribution in [3.63, 3.8) is 0 Å². The molecule has 0 heterocycles. The van der Waals surface area contributed by atoms with Gasteiger partial charge in [0, 0.05) is 6.07 Å². The minimum Gasteiger partial charge on any atom is -0.492 e. The summed E-state index contributed by atoms with van der Waals surface area (Å²) in [5, 5.41) is 19.8. The highest BCUT2D eigenvalue weighted by atomic mass is 16.6. The second-order valence-electron chi connectivity index (χ2n) is 4.12. The van der Waals surface area contributed by atoms with Crippen molar-refractivity contribution in [3.05, 3.63) is 33.9 Å². The summed E-state index contributed by atoms with van der Waals surface area (Å²) in [4.78, 5) is 21.2. The molecule has 0 unspecified atom stereocenters. The predicted octanol–water partition coefficient (Wildman–Crippen LogP) is 3.25. The second-order valence-corrected chi connectivity index (χ2v) is 4.12. The van der Waals surface area contributed by atoms with E-state index in [9.17, 15) is 14.9 Å². The van der Waals surface area contributed by atoms with Crippen LogP contribution in [0.25, 0.3) is 0 Å². The number of unbranched alkanes of at least 4 members (excludes halogenated alkanes) is 3. The Morgan fingerprint density at radius 1 is 1.37 bits per heavy atom. The molecule has 0 aliphatic carbocycles. The van der Waals surface area contributed by atoms with Crippen molar-refractivity contribution >= 4 is 11.7 Å². The van der Waals surface area contributed by atoms with Gasteiger partial charge in [0.05, 0.1) is 11.5 Å². The zero-order valence-corrected chi connectivity index (χ0v) is 10.8. The Labute approximate surface area is 111 Å².